The molecule has 6 nitrogen and oxygen atoms in total. The van der Waals surface area contributed by atoms with Crippen molar-refractivity contribution in [2.24, 2.45) is 5.92 Å². The number of carbonyl (C=O) groups excluding carboxylic acids is 2. The highest BCUT2D eigenvalue weighted by molar-refractivity contribution is 6.31. The fourth-order valence-corrected chi connectivity index (χ4v) is 4.10. The summed E-state index contributed by atoms with van der Waals surface area (Å²) in [7, 11) is 1.57. The number of hydrogen-bond donors (Lipinski definition) is 2. The molecule has 1 fully saturated rings. The number of anilines is 1. The number of aromatic amines is 1. The molecule has 0 spiro atoms. The number of benzene rings is 2. The molecule has 4 rings (SSSR count). The Bertz CT molecular complexity index is 1110. The fraction of sp³-hybridized carbons (Fsp3) is 0.304. The number of halogens is 1. The predicted molar refractivity (Wildman–Crippen MR) is 118 cm³/mol. The third kappa shape index (κ3) is 4.14. The maximum absolute atomic E-state index is 12.8. The lowest BCUT2D eigenvalue weighted by atomic mass is 10.1. The summed E-state index contributed by atoms with van der Waals surface area (Å²) < 4.78 is 5.33. The molecule has 3 aromatic rings. The maximum atomic E-state index is 12.8. The van der Waals surface area contributed by atoms with Crippen molar-refractivity contribution in [3.8, 4) is 5.75 Å². The first-order valence-electron chi connectivity index (χ1n) is 9.93. The number of likely N-dealkylation sites (tertiary alicyclic amines) is 1. The van der Waals surface area contributed by atoms with Crippen molar-refractivity contribution < 1.29 is 14.3 Å². The number of ether oxygens (including phenoxy) is 1. The summed E-state index contributed by atoms with van der Waals surface area (Å²) >= 11 is 6.12. The van der Waals surface area contributed by atoms with Crippen molar-refractivity contribution in [1.29, 1.82) is 0 Å². The highest BCUT2D eigenvalue weighted by Crippen LogP contribution is 2.28. The minimum atomic E-state index is -0.375. The molecule has 1 aliphatic heterocycles. The van der Waals surface area contributed by atoms with Crippen LogP contribution in [0.4, 0.5) is 5.69 Å². The fourth-order valence-electron chi connectivity index (χ4n) is 3.93. The second kappa shape index (κ2) is 8.40. The third-order valence-electron chi connectivity index (χ3n) is 5.58. The lowest BCUT2D eigenvalue weighted by Crippen LogP contribution is -2.30. The average molecular weight is 426 g/mol. The van der Waals surface area contributed by atoms with Crippen LogP contribution in [0.25, 0.3) is 10.9 Å². The zero-order valence-electron chi connectivity index (χ0n) is 17.0. The van der Waals surface area contributed by atoms with Gasteiger partial charge >= 0.3 is 0 Å². The SMILES string of the molecule is COc1ccc(C)cc1NC(=O)[C@H]1CC(=O)N(CCc2c[nH]c3ccc(Cl)cc23)C1. The van der Waals surface area contributed by atoms with E-state index in [4.69, 9.17) is 16.3 Å². The van der Waals surface area contributed by atoms with E-state index < -0.39 is 0 Å². The molecule has 7 heteroatoms. The van der Waals surface area contributed by atoms with E-state index in [0.717, 1.165) is 22.0 Å². The van der Waals surface area contributed by atoms with Crippen molar-refractivity contribution in [3.63, 3.8) is 0 Å². The molecule has 1 aliphatic rings. The van der Waals surface area contributed by atoms with Gasteiger partial charge in [0.2, 0.25) is 11.8 Å². The molecule has 2 heterocycles. The van der Waals surface area contributed by atoms with Gasteiger partial charge in [0, 0.05) is 41.6 Å². The second-order valence-corrected chi connectivity index (χ2v) is 8.12. The lowest BCUT2D eigenvalue weighted by Gasteiger charge is -2.17. The van der Waals surface area contributed by atoms with E-state index in [1.165, 1.54) is 0 Å². The van der Waals surface area contributed by atoms with Gasteiger partial charge in [0.15, 0.2) is 0 Å². The number of carbonyl (C=O) groups is 2. The van der Waals surface area contributed by atoms with Gasteiger partial charge in [-0.15, -0.1) is 0 Å². The largest absolute Gasteiger partial charge is 0.495 e. The Labute approximate surface area is 180 Å². The van der Waals surface area contributed by atoms with Gasteiger partial charge < -0.3 is 19.9 Å². The summed E-state index contributed by atoms with van der Waals surface area (Å²) in [4.78, 5) is 30.3. The van der Waals surface area contributed by atoms with E-state index in [1.54, 1.807) is 12.0 Å². The van der Waals surface area contributed by atoms with Crippen LogP contribution in [-0.2, 0) is 16.0 Å². The van der Waals surface area contributed by atoms with Crippen LogP contribution in [-0.4, -0.2) is 41.9 Å². The maximum Gasteiger partial charge on any atom is 0.229 e. The molecule has 1 atom stereocenters. The Morgan fingerprint density at radius 1 is 1.30 bits per heavy atom. The molecule has 2 amide bonds. The molecular formula is C23H24ClN3O3. The van der Waals surface area contributed by atoms with Gasteiger partial charge in [0.1, 0.15) is 5.75 Å². The van der Waals surface area contributed by atoms with Gasteiger partial charge in [0.25, 0.3) is 0 Å². The number of nitrogens with one attached hydrogen (secondary N) is 2. The number of H-pyrrole nitrogens is 1. The van der Waals surface area contributed by atoms with Crippen LogP contribution in [0.3, 0.4) is 0 Å². The molecular weight excluding hydrogens is 402 g/mol. The number of rotatable bonds is 6. The molecule has 2 N–H and O–H groups in total. The molecule has 0 aliphatic carbocycles. The van der Waals surface area contributed by atoms with Gasteiger partial charge in [-0.1, -0.05) is 17.7 Å². The summed E-state index contributed by atoms with van der Waals surface area (Å²) in [5, 5.41) is 4.67. The number of fused-ring (bicyclic) bond motifs is 1. The molecule has 0 bridgehead atoms. The first kappa shape index (κ1) is 20.3. The Balaban J connectivity index is 1.39. The van der Waals surface area contributed by atoms with Crippen LogP contribution in [0.5, 0.6) is 5.75 Å². The van der Waals surface area contributed by atoms with E-state index in [1.807, 2.05) is 49.5 Å². The smallest absolute Gasteiger partial charge is 0.229 e. The molecule has 30 heavy (non-hydrogen) atoms. The number of aryl methyl sites for hydroxylation is 1. The first-order valence-corrected chi connectivity index (χ1v) is 10.3. The summed E-state index contributed by atoms with van der Waals surface area (Å²) in [6, 6.07) is 11.3. The number of aromatic nitrogens is 1. The zero-order valence-corrected chi connectivity index (χ0v) is 17.8. The van der Waals surface area contributed by atoms with E-state index in [-0.39, 0.29) is 24.2 Å². The van der Waals surface area contributed by atoms with Crippen LogP contribution in [0.2, 0.25) is 5.02 Å². The normalized spacial score (nSPS) is 16.3. The van der Waals surface area contributed by atoms with Gasteiger partial charge in [-0.3, -0.25) is 9.59 Å². The Morgan fingerprint density at radius 2 is 2.13 bits per heavy atom. The van der Waals surface area contributed by atoms with Crippen LogP contribution in [0.1, 0.15) is 17.5 Å². The van der Waals surface area contributed by atoms with Crippen LogP contribution in [0, 0.1) is 12.8 Å². The summed E-state index contributed by atoms with van der Waals surface area (Å²) in [6.07, 6.45) is 2.88. The van der Waals surface area contributed by atoms with Crippen LogP contribution < -0.4 is 10.1 Å². The molecule has 2 aromatic carbocycles. The van der Waals surface area contributed by atoms with Gasteiger partial charge in [0.05, 0.1) is 18.7 Å². The van der Waals surface area contributed by atoms with Crippen LogP contribution >= 0.6 is 11.6 Å². The highest BCUT2D eigenvalue weighted by Gasteiger charge is 2.34. The first-order chi connectivity index (χ1) is 14.4. The van der Waals surface area contributed by atoms with E-state index in [0.29, 0.717) is 36.0 Å². The van der Waals surface area contributed by atoms with Gasteiger partial charge in [-0.05, 0) is 54.8 Å². The van der Waals surface area contributed by atoms with E-state index >= 15 is 0 Å². The minimum Gasteiger partial charge on any atom is -0.495 e. The number of hydrogen-bond acceptors (Lipinski definition) is 3. The minimum absolute atomic E-state index is 0.00392. The van der Waals surface area contributed by atoms with E-state index in [9.17, 15) is 9.59 Å². The molecule has 1 saturated heterocycles. The molecule has 1 aromatic heterocycles. The van der Waals surface area contributed by atoms with Crippen molar-refractivity contribution in [2.75, 3.05) is 25.5 Å². The Morgan fingerprint density at radius 3 is 2.93 bits per heavy atom. The average Bonchev–Trinajstić information content (AvgIpc) is 3.29. The summed E-state index contributed by atoms with van der Waals surface area (Å²) in [5.74, 6) is 0.0751. The van der Waals surface area contributed by atoms with Crippen molar-refractivity contribution in [3.05, 3.63) is 58.7 Å². The van der Waals surface area contributed by atoms with Crippen molar-refractivity contribution in [1.82, 2.24) is 9.88 Å². The number of amides is 2. The Kier molecular flexibility index (Phi) is 5.68. The number of nitrogens with zero attached hydrogens (tertiary/aromatic N) is 1. The van der Waals surface area contributed by atoms with Gasteiger partial charge in [-0.2, -0.15) is 0 Å². The lowest BCUT2D eigenvalue weighted by molar-refractivity contribution is -0.128. The van der Waals surface area contributed by atoms with Gasteiger partial charge in [-0.25, -0.2) is 0 Å². The number of methoxy groups -OCH3 is 1. The monoisotopic (exact) mass is 425 g/mol. The second-order valence-electron chi connectivity index (χ2n) is 7.69. The summed E-state index contributed by atoms with van der Waals surface area (Å²) in [5.41, 5.74) is 3.78. The quantitative estimate of drug-likeness (QED) is 0.622. The Hall–Kier alpha value is -2.99. The predicted octanol–water partition coefficient (Wildman–Crippen LogP) is 4.17. The molecule has 0 unspecified atom stereocenters. The van der Waals surface area contributed by atoms with Crippen LogP contribution in [0.15, 0.2) is 42.6 Å². The highest BCUT2D eigenvalue weighted by atomic mass is 35.5. The molecule has 0 saturated carbocycles. The molecule has 156 valence electrons. The summed E-state index contributed by atoms with van der Waals surface area (Å²) in [6.45, 7) is 2.94. The standard InChI is InChI=1S/C23H24ClN3O3/c1-14-3-6-21(30-2)20(9-14)26-23(29)16-10-22(28)27(13-16)8-7-15-12-25-19-5-4-17(24)11-18(15)19/h3-6,9,11-12,16,25H,7-8,10,13H2,1-2H3,(H,26,29)/t16-/m0/s1. The van der Waals surface area contributed by atoms with Crippen molar-refractivity contribution in [2.45, 2.75) is 19.8 Å². The third-order valence-corrected chi connectivity index (χ3v) is 5.81. The van der Waals surface area contributed by atoms with E-state index in [2.05, 4.69) is 10.3 Å². The molecule has 0 radical (unpaired) electrons. The topological polar surface area (TPSA) is 74.4 Å². The van der Waals surface area contributed by atoms with Crippen molar-refractivity contribution >= 4 is 40.0 Å². The zero-order chi connectivity index (χ0) is 21.3.